The van der Waals surface area contributed by atoms with Crippen LogP contribution < -0.4 is 20.7 Å². The molecule has 1 atom stereocenters. The van der Waals surface area contributed by atoms with Gasteiger partial charge in [-0.3, -0.25) is 4.98 Å². The molecule has 0 saturated carbocycles. The highest BCUT2D eigenvalue weighted by Gasteiger charge is 2.33. The molecule has 7 nitrogen and oxygen atoms in total. The van der Waals surface area contributed by atoms with Crippen molar-refractivity contribution in [3.63, 3.8) is 0 Å². The standard InChI is InChI=1S/C29H36N6O/c1-18-23(30)14-20(16-32-18)19-6-7-26-21(13-19)17-35(11-12-36-26)28-22-15-29(2,3)9-8-24(22)33-27(34-28)25-5-4-10-31-25/h6-7,13-14,16,25,31H,4-5,8-12,15,17,30H2,1-3H3. The van der Waals surface area contributed by atoms with Gasteiger partial charge in [-0.15, -0.1) is 0 Å². The van der Waals surface area contributed by atoms with Gasteiger partial charge in [0.15, 0.2) is 0 Å². The maximum atomic E-state index is 6.21. The van der Waals surface area contributed by atoms with Gasteiger partial charge in [0.1, 0.15) is 24.0 Å². The lowest BCUT2D eigenvalue weighted by atomic mass is 9.76. The van der Waals surface area contributed by atoms with Gasteiger partial charge in [-0.25, -0.2) is 9.97 Å². The van der Waals surface area contributed by atoms with Crippen LogP contribution in [-0.4, -0.2) is 34.6 Å². The van der Waals surface area contributed by atoms with E-state index < -0.39 is 0 Å². The van der Waals surface area contributed by atoms with Crippen molar-refractivity contribution in [2.24, 2.45) is 5.41 Å². The Hall–Kier alpha value is -3.19. The van der Waals surface area contributed by atoms with Gasteiger partial charge in [0.2, 0.25) is 0 Å². The number of nitrogen functional groups attached to an aromatic ring is 1. The van der Waals surface area contributed by atoms with E-state index in [4.69, 9.17) is 20.4 Å². The number of fused-ring (bicyclic) bond motifs is 2. The van der Waals surface area contributed by atoms with Crippen molar-refractivity contribution in [1.82, 2.24) is 20.3 Å². The molecule has 0 radical (unpaired) electrons. The Labute approximate surface area is 213 Å². The minimum Gasteiger partial charge on any atom is -0.491 e. The van der Waals surface area contributed by atoms with Crippen LogP contribution in [0.2, 0.25) is 0 Å². The van der Waals surface area contributed by atoms with Crippen LogP contribution in [0.4, 0.5) is 11.5 Å². The SMILES string of the molecule is Cc1ncc(-c2ccc3c(c2)CN(c2nc(C4CCCN4)nc4c2CC(C)(C)CC4)CCO3)cc1N. The molecule has 188 valence electrons. The summed E-state index contributed by atoms with van der Waals surface area (Å²) < 4.78 is 6.21. The van der Waals surface area contributed by atoms with Crippen molar-refractivity contribution in [1.29, 1.82) is 0 Å². The van der Waals surface area contributed by atoms with Gasteiger partial charge in [-0.2, -0.15) is 0 Å². The molecule has 1 aliphatic carbocycles. The van der Waals surface area contributed by atoms with E-state index in [2.05, 4.69) is 47.2 Å². The summed E-state index contributed by atoms with van der Waals surface area (Å²) in [5, 5.41) is 3.60. The molecule has 3 N–H and O–H groups in total. The van der Waals surface area contributed by atoms with Gasteiger partial charge in [-0.1, -0.05) is 19.9 Å². The number of anilines is 2. The number of pyridine rings is 1. The van der Waals surface area contributed by atoms with E-state index in [0.29, 0.717) is 12.3 Å². The summed E-state index contributed by atoms with van der Waals surface area (Å²) in [6, 6.07) is 8.65. The van der Waals surface area contributed by atoms with Crippen LogP contribution in [0.15, 0.2) is 30.5 Å². The number of benzene rings is 1. The van der Waals surface area contributed by atoms with Gasteiger partial charge in [0.25, 0.3) is 0 Å². The molecule has 2 aromatic heterocycles. The van der Waals surface area contributed by atoms with E-state index in [-0.39, 0.29) is 11.5 Å². The molecule has 0 spiro atoms. The average Bonchev–Trinajstić information content (AvgIpc) is 3.31. The van der Waals surface area contributed by atoms with Crippen LogP contribution in [-0.2, 0) is 19.4 Å². The molecule has 7 heteroatoms. The fourth-order valence-electron chi connectivity index (χ4n) is 5.73. The Balaban J connectivity index is 1.39. The number of ether oxygens (including phenoxy) is 1. The van der Waals surface area contributed by atoms with Gasteiger partial charge in [0.05, 0.1) is 24.0 Å². The minimum absolute atomic E-state index is 0.254. The van der Waals surface area contributed by atoms with Crippen LogP contribution in [0.3, 0.4) is 0 Å². The average molecular weight is 485 g/mol. The number of hydrogen-bond acceptors (Lipinski definition) is 7. The van der Waals surface area contributed by atoms with Crippen LogP contribution >= 0.6 is 0 Å². The smallest absolute Gasteiger partial charge is 0.147 e. The predicted molar refractivity (Wildman–Crippen MR) is 143 cm³/mol. The summed E-state index contributed by atoms with van der Waals surface area (Å²) in [6.07, 6.45) is 7.37. The molecule has 3 aromatic rings. The number of nitrogens with zero attached hydrogens (tertiary/aromatic N) is 4. The molecule has 1 saturated heterocycles. The summed E-state index contributed by atoms with van der Waals surface area (Å²) in [5.41, 5.74) is 13.8. The van der Waals surface area contributed by atoms with Gasteiger partial charge in [0, 0.05) is 35.1 Å². The molecule has 3 aliphatic rings. The van der Waals surface area contributed by atoms with E-state index in [1.165, 1.54) is 17.7 Å². The maximum absolute atomic E-state index is 6.21. The summed E-state index contributed by atoms with van der Waals surface area (Å²) in [5.74, 6) is 3.00. The van der Waals surface area contributed by atoms with Crippen LogP contribution in [0.5, 0.6) is 5.75 Å². The summed E-state index contributed by atoms with van der Waals surface area (Å²) in [7, 11) is 0. The molecule has 6 rings (SSSR count). The Morgan fingerprint density at radius 2 is 2.06 bits per heavy atom. The second-order valence-electron chi connectivity index (χ2n) is 11.3. The Morgan fingerprint density at radius 3 is 2.86 bits per heavy atom. The molecule has 0 amide bonds. The van der Waals surface area contributed by atoms with E-state index in [1.807, 2.05) is 19.2 Å². The molecule has 1 aromatic carbocycles. The predicted octanol–water partition coefficient (Wildman–Crippen LogP) is 4.77. The van der Waals surface area contributed by atoms with Gasteiger partial charge >= 0.3 is 0 Å². The molecule has 2 aliphatic heterocycles. The number of rotatable bonds is 3. The van der Waals surface area contributed by atoms with Crippen molar-refractivity contribution < 1.29 is 4.74 Å². The van der Waals surface area contributed by atoms with Crippen molar-refractivity contribution in [2.45, 2.75) is 65.5 Å². The largest absolute Gasteiger partial charge is 0.491 e. The normalized spacial score (nSPS) is 20.9. The van der Waals surface area contributed by atoms with Crippen molar-refractivity contribution in [3.05, 3.63) is 58.8 Å². The molecular weight excluding hydrogens is 448 g/mol. The fourth-order valence-corrected chi connectivity index (χ4v) is 5.73. The third-order valence-corrected chi connectivity index (χ3v) is 7.95. The maximum Gasteiger partial charge on any atom is 0.147 e. The quantitative estimate of drug-likeness (QED) is 0.554. The Kier molecular flexibility index (Phi) is 5.83. The van der Waals surface area contributed by atoms with E-state index >= 15 is 0 Å². The van der Waals surface area contributed by atoms with Gasteiger partial charge in [-0.05, 0) is 74.8 Å². The van der Waals surface area contributed by atoms with E-state index in [1.54, 1.807) is 0 Å². The first kappa shape index (κ1) is 23.2. The zero-order chi connectivity index (χ0) is 24.9. The molecule has 1 unspecified atom stereocenters. The summed E-state index contributed by atoms with van der Waals surface area (Å²) >= 11 is 0. The van der Waals surface area contributed by atoms with Crippen LogP contribution in [0.1, 0.15) is 67.5 Å². The molecule has 0 bridgehead atoms. The second kappa shape index (κ2) is 9.04. The Morgan fingerprint density at radius 1 is 1.17 bits per heavy atom. The first-order valence-corrected chi connectivity index (χ1v) is 13.2. The summed E-state index contributed by atoms with van der Waals surface area (Å²) in [6.45, 7) is 9.87. The number of hydrogen-bond donors (Lipinski definition) is 2. The van der Waals surface area contributed by atoms with Gasteiger partial charge < -0.3 is 20.7 Å². The Bertz CT molecular complexity index is 1300. The third kappa shape index (κ3) is 4.41. The van der Waals surface area contributed by atoms with Crippen molar-refractivity contribution >= 4 is 11.5 Å². The van der Waals surface area contributed by atoms with Crippen LogP contribution in [0.25, 0.3) is 11.1 Å². The van der Waals surface area contributed by atoms with Crippen molar-refractivity contribution in [2.75, 3.05) is 30.3 Å². The molecular formula is C29H36N6O. The first-order chi connectivity index (χ1) is 17.4. The zero-order valence-electron chi connectivity index (χ0n) is 21.6. The number of nitrogens with two attached hydrogens (primary N) is 1. The summed E-state index contributed by atoms with van der Waals surface area (Å²) in [4.78, 5) is 17.2. The van der Waals surface area contributed by atoms with Crippen LogP contribution in [0, 0.1) is 12.3 Å². The number of nitrogens with one attached hydrogen (secondary N) is 1. The molecule has 36 heavy (non-hydrogen) atoms. The fraction of sp³-hybridized carbons (Fsp3) is 0.483. The molecule has 1 fully saturated rings. The number of aryl methyl sites for hydroxylation is 2. The number of aromatic nitrogens is 3. The zero-order valence-corrected chi connectivity index (χ0v) is 21.6. The monoisotopic (exact) mass is 484 g/mol. The lowest BCUT2D eigenvalue weighted by molar-refractivity contribution is 0.310. The highest BCUT2D eigenvalue weighted by Crippen LogP contribution is 2.40. The lowest BCUT2D eigenvalue weighted by Gasteiger charge is -2.34. The highest BCUT2D eigenvalue weighted by molar-refractivity contribution is 5.69. The minimum atomic E-state index is 0.254. The molecule has 4 heterocycles. The third-order valence-electron chi connectivity index (χ3n) is 7.95. The van der Waals surface area contributed by atoms with E-state index in [9.17, 15) is 0 Å². The lowest BCUT2D eigenvalue weighted by Crippen LogP contribution is -2.32. The topological polar surface area (TPSA) is 89.2 Å². The second-order valence-corrected chi connectivity index (χ2v) is 11.3. The van der Waals surface area contributed by atoms with E-state index in [0.717, 1.165) is 85.1 Å². The highest BCUT2D eigenvalue weighted by atomic mass is 16.5. The first-order valence-electron chi connectivity index (χ1n) is 13.2. The van der Waals surface area contributed by atoms with Crippen molar-refractivity contribution in [3.8, 4) is 16.9 Å².